The van der Waals surface area contributed by atoms with Gasteiger partial charge in [0.25, 0.3) is 0 Å². The third-order valence-corrected chi connectivity index (χ3v) is 7.57. The van der Waals surface area contributed by atoms with E-state index >= 15 is 0 Å². The van der Waals surface area contributed by atoms with Gasteiger partial charge in [-0.15, -0.1) is 0 Å². The Labute approximate surface area is 216 Å². The summed E-state index contributed by atoms with van der Waals surface area (Å²) in [5, 5.41) is 3.62. The Morgan fingerprint density at radius 3 is 2.49 bits per heavy atom. The van der Waals surface area contributed by atoms with Gasteiger partial charge in [-0.1, -0.05) is 30.3 Å². The maximum Gasteiger partial charge on any atom is 0.407 e. The molecule has 2 aliphatic carbocycles. The number of aryl methyl sites for hydroxylation is 2. The van der Waals surface area contributed by atoms with Crippen molar-refractivity contribution in [3.05, 3.63) is 75.1 Å². The van der Waals surface area contributed by atoms with Crippen molar-refractivity contribution in [1.82, 2.24) is 5.32 Å². The standard InChI is InChI=1S/C30H33NO6/c1-19-15-25(27-23-9-5-6-10-24(23)29(33)37-26(27)16-19)36-28(32)22-13-11-20(12-14-22)17-31-30(34)35-18-21-7-3-2-4-8-21/h2-4,7-8,15-16,20,22H,5-6,9-14,17-18H2,1H3,(H,31,34). The molecule has 194 valence electrons. The van der Waals surface area contributed by atoms with Crippen LogP contribution in [0.5, 0.6) is 5.75 Å². The zero-order chi connectivity index (χ0) is 25.8. The lowest BCUT2D eigenvalue weighted by atomic mass is 9.82. The number of rotatable bonds is 6. The molecule has 5 rings (SSSR count). The molecule has 1 heterocycles. The van der Waals surface area contributed by atoms with Crippen LogP contribution in [0.2, 0.25) is 0 Å². The van der Waals surface area contributed by atoms with E-state index in [4.69, 9.17) is 13.9 Å². The fraction of sp³-hybridized carbons (Fsp3) is 0.433. The average molecular weight is 504 g/mol. The second kappa shape index (κ2) is 11.2. The van der Waals surface area contributed by atoms with Gasteiger partial charge in [-0.3, -0.25) is 4.79 Å². The third-order valence-electron chi connectivity index (χ3n) is 7.57. The summed E-state index contributed by atoms with van der Waals surface area (Å²) >= 11 is 0. The fourth-order valence-electron chi connectivity index (χ4n) is 5.54. The number of alkyl carbamates (subject to hydrolysis) is 1. The maximum absolute atomic E-state index is 13.1. The molecule has 0 spiro atoms. The molecule has 7 heteroatoms. The first kappa shape index (κ1) is 25.1. The van der Waals surface area contributed by atoms with E-state index in [2.05, 4.69) is 5.32 Å². The number of carbonyl (C=O) groups is 2. The average Bonchev–Trinajstić information content (AvgIpc) is 2.91. The van der Waals surface area contributed by atoms with Crippen molar-refractivity contribution in [2.24, 2.45) is 11.8 Å². The lowest BCUT2D eigenvalue weighted by Gasteiger charge is -2.27. The van der Waals surface area contributed by atoms with Crippen molar-refractivity contribution < 1.29 is 23.5 Å². The highest BCUT2D eigenvalue weighted by Gasteiger charge is 2.29. The largest absolute Gasteiger partial charge is 0.445 e. The van der Waals surface area contributed by atoms with E-state index in [0.29, 0.717) is 43.1 Å². The molecule has 2 aromatic carbocycles. The van der Waals surface area contributed by atoms with E-state index in [-0.39, 0.29) is 24.1 Å². The number of hydrogen-bond acceptors (Lipinski definition) is 6. The van der Waals surface area contributed by atoms with E-state index in [9.17, 15) is 14.4 Å². The molecule has 0 saturated heterocycles. The fourth-order valence-corrected chi connectivity index (χ4v) is 5.54. The van der Waals surface area contributed by atoms with E-state index in [0.717, 1.165) is 59.7 Å². The molecule has 1 N–H and O–H groups in total. The molecular formula is C30H33NO6. The van der Waals surface area contributed by atoms with Crippen molar-refractivity contribution in [2.75, 3.05) is 6.54 Å². The number of nitrogens with one attached hydrogen (secondary N) is 1. The minimum Gasteiger partial charge on any atom is -0.445 e. The van der Waals surface area contributed by atoms with E-state index in [1.807, 2.05) is 49.4 Å². The highest BCUT2D eigenvalue weighted by atomic mass is 16.5. The number of ether oxygens (including phenoxy) is 2. The van der Waals surface area contributed by atoms with Crippen LogP contribution < -0.4 is 15.7 Å². The van der Waals surface area contributed by atoms with Crippen molar-refractivity contribution in [1.29, 1.82) is 0 Å². The molecule has 1 amide bonds. The van der Waals surface area contributed by atoms with Crippen LogP contribution in [0.15, 0.2) is 51.7 Å². The second-order valence-corrected chi connectivity index (χ2v) is 10.3. The molecule has 0 bridgehead atoms. The van der Waals surface area contributed by atoms with Gasteiger partial charge in [-0.05, 0) is 93.0 Å². The Morgan fingerprint density at radius 2 is 1.73 bits per heavy atom. The summed E-state index contributed by atoms with van der Waals surface area (Å²) < 4.78 is 16.9. The molecular weight excluding hydrogens is 470 g/mol. The first-order chi connectivity index (χ1) is 18.0. The molecule has 7 nitrogen and oxygen atoms in total. The molecule has 0 aliphatic heterocycles. The molecule has 0 radical (unpaired) electrons. The van der Waals surface area contributed by atoms with Gasteiger partial charge in [-0.2, -0.15) is 0 Å². The van der Waals surface area contributed by atoms with Gasteiger partial charge < -0.3 is 19.2 Å². The molecule has 3 aromatic rings. The van der Waals surface area contributed by atoms with Crippen molar-refractivity contribution in [2.45, 2.75) is 64.9 Å². The lowest BCUT2D eigenvalue weighted by molar-refractivity contribution is -0.140. The predicted octanol–water partition coefficient (Wildman–Crippen LogP) is 5.62. The van der Waals surface area contributed by atoms with Crippen LogP contribution in [0.4, 0.5) is 4.79 Å². The van der Waals surface area contributed by atoms with Crippen LogP contribution in [0.25, 0.3) is 11.0 Å². The number of amides is 1. The van der Waals surface area contributed by atoms with Crippen molar-refractivity contribution in [3.8, 4) is 5.75 Å². The summed E-state index contributed by atoms with van der Waals surface area (Å²) in [6, 6.07) is 13.3. The number of esters is 1. The third kappa shape index (κ3) is 5.87. The molecule has 2 aliphatic rings. The van der Waals surface area contributed by atoms with Gasteiger partial charge in [0.2, 0.25) is 0 Å². The molecule has 1 saturated carbocycles. The molecule has 0 unspecified atom stereocenters. The highest BCUT2D eigenvalue weighted by Crippen LogP contribution is 2.36. The van der Waals surface area contributed by atoms with Gasteiger partial charge in [0.15, 0.2) is 0 Å². The summed E-state index contributed by atoms with van der Waals surface area (Å²) in [4.78, 5) is 37.7. The van der Waals surface area contributed by atoms with E-state index < -0.39 is 6.09 Å². The van der Waals surface area contributed by atoms with Gasteiger partial charge in [-0.25, -0.2) is 9.59 Å². The van der Waals surface area contributed by atoms with Crippen LogP contribution >= 0.6 is 0 Å². The Balaban J connectivity index is 1.17. The SMILES string of the molecule is Cc1cc(OC(=O)C2CCC(CNC(=O)OCc3ccccc3)CC2)c2c3c(c(=O)oc2c1)CCCC3. The van der Waals surface area contributed by atoms with Crippen LogP contribution in [0.3, 0.4) is 0 Å². The van der Waals surface area contributed by atoms with Gasteiger partial charge >= 0.3 is 17.7 Å². The minimum absolute atomic E-state index is 0.191. The summed E-state index contributed by atoms with van der Waals surface area (Å²) in [6.45, 7) is 2.67. The van der Waals surface area contributed by atoms with Gasteiger partial charge in [0, 0.05) is 12.1 Å². The number of hydrogen-bond donors (Lipinski definition) is 1. The molecule has 1 fully saturated rings. The maximum atomic E-state index is 13.1. The zero-order valence-electron chi connectivity index (χ0n) is 21.2. The number of fused-ring (bicyclic) bond motifs is 3. The summed E-state index contributed by atoms with van der Waals surface area (Å²) in [7, 11) is 0. The molecule has 0 atom stereocenters. The van der Waals surface area contributed by atoms with Gasteiger partial charge in [0.1, 0.15) is 17.9 Å². The summed E-state index contributed by atoms with van der Waals surface area (Å²) in [5.74, 6) is 0.362. The Morgan fingerprint density at radius 1 is 1.00 bits per heavy atom. The molecule has 37 heavy (non-hydrogen) atoms. The summed E-state index contributed by atoms with van der Waals surface area (Å²) in [6.07, 6.45) is 6.12. The Kier molecular flexibility index (Phi) is 7.58. The highest BCUT2D eigenvalue weighted by molar-refractivity contribution is 5.91. The van der Waals surface area contributed by atoms with Crippen LogP contribution in [-0.2, 0) is 29.0 Å². The summed E-state index contributed by atoms with van der Waals surface area (Å²) in [5.41, 5.74) is 3.72. The topological polar surface area (TPSA) is 94.8 Å². The quantitative estimate of drug-likeness (QED) is 0.267. The lowest BCUT2D eigenvalue weighted by Crippen LogP contribution is -2.33. The minimum atomic E-state index is -0.424. The normalized spacial score (nSPS) is 19.2. The van der Waals surface area contributed by atoms with Crippen molar-refractivity contribution in [3.63, 3.8) is 0 Å². The first-order valence-corrected chi connectivity index (χ1v) is 13.2. The monoisotopic (exact) mass is 503 g/mol. The predicted molar refractivity (Wildman–Crippen MR) is 140 cm³/mol. The van der Waals surface area contributed by atoms with Crippen LogP contribution in [0.1, 0.15) is 60.8 Å². The first-order valence-electron chi connectivity index (χ1n) is 13.2. The smallest absolute Gasteiger partial charge is 0.407 e. The Bertz CT molecular complexity index is 1340. The second-order valence-electron chi connectivity index (χ2n) is 10.3. The Hall–Kier alpha value is -3.61. The van der Waals surface area contributed by atoms with Crippen molar-refractivity contribution >= 4 is 23.0 Å². The van der Waals surface area contributed by atoms with Crippen LogP contribution in [-0.4, -0.2) is 18.6 Å². The van der Waals surface area contributed by atoms with E-state index in [1.54, 1.807) is 0 Å². The zero-order valence-corrected chi connectivity index (χ0v) is 21.2. The van der Waals surface area contributed by atoms with Gasteiger partial charge in [0.05, 0.1) is 11.3 Å². The molecule has 1 aromatic heterocycles. The number of carbonyl (C=O) groups excluding carboxylic acids is 2. The van der Waals surface area contributed by atoms with Crippen LogP contribution in [0, 0.1) is 18.8 Å². The number of benzene rings is 2. The van der Waals surface area contributed by atoms with E-state index in [1.165, 1.54) is 0 Å².